The van der Waals surface area contributed by atoms with Crippen LogP contribution in [-0.4, -0.2) is 36.8 Å². The van der Waals surface area contributed by atoms with Crippen molar-refractivity contribution in [2.24, 2.45) is 0 Å². The van der Waals surface area contributed by atoms with Crippen LogP contribution in [0.5, 0.6) is 0 Å². The molecule has 0 aromatic carbocycles. The van der Waals surface area contributed by atoms with Gasteiger partial charge in [-0.05, 0) is 12.1 Å². The molecule has 0 saturated heterocycles. The average Bonchev–Trinajstić information content (AvgIpc) is 2.78. The van der Waals surface area contributed by atoms with E-state index in [1.165, 1.54) is 12.4 Å². The minimum Gasteiger partial charge on any atom is -0.382 e. The van der Waals surface area contributed by atoms with Crippen LogP contribution in [0, 0.1) is 0 Å². The molecule has 9 heteroatoms. The van der Waals surface area contributed by atoms with Gasteiger partial charge in [-0.3, -0.25) is 4.57 Å². The van der Waals surface area contributed by atoms with Crippen molar-refractivity contribution in [3.8, 4) is 0 Å². The molecule has 8 nitrogen and oxygen atoms in total. The van der Waals surface area contributed by atoms with Gasteiger partial charge in [0.1, 0.15) is 18.2 Å². The molecule has 0 spiro atoms. The van der Waals surface area contributed by atoms with E-state index in [0.29, 0.717) is 17.8 Å². The second kappa shape index (κ2) is 5.72. The Bertz CT molecular complexity index is 665. The molecule has 0 aliphatic heterocycles. The number of nitrogen functional groups attached to an aromatic ring is 1. The standard InChI is InChI=1S/C11H15N4O4P/c1-2-9(19-7-20(16,17)18)5-8-3-4-10-11(12)13-6-14-15(8)10/h2-4,6,9H,1,5,7H2,(H2,12,13,14)(H2,16,17,18)/t9-/m1/s1. The molecule has 0 bridgehead atoms. The lowest BCUT2D eigenvalue weighted by Crippen LogP contribution is -2.16. The van der Waals surface area contributed by atoms with Gasteiger partial charge >= 0.3 is 7.60 Å². The first-order valence-electron chi connectivity index (χ1n) is 5.76. The van der Waals surface area contributed by atoms with Gasteiger partial charge in [-0.25, -0.2) is 9.50 Å². The van der Waals surface area contributed by atoms with Gasteiger partial charge in [-0.15, -0.1) is 6.58 Å². The summed E-state index contributed by atoms with van der Waals surface area (Å²) in [6, 6.07) is 3.57. The minimum absolute atomic E-state index is 0.359. The van der Waals surface area contributed by atoms with Gasteiger partial charge in [0.15, 0.2) is 5.82 Å². The monoisotopic (exact) mass is 298 g/mol. The molecule has 0 aliphatic rings. The summed E-state index contributed by atoms with van der Waals surface area (Å²) in [5.41, 5.74) is 7.17. The van der Waals surface area contributed by atoms with Crippen molar-refractivity contribution in [1.29, 1.82) is 0 Å². The summed E-state index contributed by atoms with van der Waals surface area (Å²) in [4.78, 5) is 21.5. The molecule has 0 radical (unpaired) electrons. The molecule has 2 heterocycles. The lowest BCUT2D eigenvalue weighted by molar-refractivity contribution is 0.108. The fourth-order valence-corrected chi connectivity index (χ4v) is 2.16. The van der Waals surface area contributed by atoms with E-state index < -0.39 is 20.0 Å². The van der Waals surface area contributed by atoms with Gasteiger partial charge in [0.05, 0.1) is 6.10 Å². The molecule has 0 fully saturated rings. The zero-order valence-corrected chi connectivity index (χ0v) is 11.5. The second-order valence-electron chi connectivity index (χ2n) is 4.21. The molecule has 1 atom stereocenters. The molecule has 108 valence electrons. The predicted molar refractivity (Wildman–Crippen MR) is 73.1 cm³/mol. The summed E-state index contributed by atoms with van der Waals surface area (Å²) in [5, 5.41) is 4.08. The first kappa shape index (κ1) is 14.7. The van der Waals surface area contributed by atoms with Crippen molar-refractivity contribution in [1.82, 2.24) is 14.6 Å². The van der Waals surface area contributed by atoms with Crippen molar-refractivity contribution in [3.63, 3.8) is 0 Å². The molecule has 0 saturated carbocycles. The summed E-state index contributed by atoms with van der Waals surface area (Å²) >= 11 is 0. The van der Waals surface area contributed by atoms with Gasteiger partial charge in [-0.1, -0.05) is 6.08 Å². The van der Waals surface area contributed by atoms with Gasteiger partial charge in [0.25, 0.3) is 0 Å². The van der Waals surface area contributed by atoms with Crippen LogP contribution in [0.15, 0.2) is 31.1 Å². The van der Waals surface area contributed by atoms with Crippen LogP contribution in [0.3, 0.4) is 0 Å². The van der Waals surface area contributed by atoms with Crippen LogP contribution >= 0.6 is 7.60 Å². The third-order valence-corrected chi connectivity index (χ3v) is 3.18. The number of anilines is 1. The van der Waals surface area contributed by atoms with Crippen LogP contribution < -0.4 is 5.73 Å². The molecule has 0 aliphatic carbocycles. The molecule has 2 aromatic rings. The highest BCUT2D eigenvalue weighted by Gasteiger charge is 2.18. The van der Waals surface area contributed by atoms with Crippen LogP contribution in [-0.2, 0) is 15.7 Å². The highest BCUT2D eigenvalue weighted by molar-refractivity contribution is 7.51. The fourth-order valence-electron chi connectivity index (χ4n) is 1.77. The van der Waals surface area contributed by atoms with Gasteiger partial charge < -0.3 is 20.3 Å². The Morgan fingerprint density at radius 1 is 1.55 bits per heavy atom. The highest BCUT2D eigenvalue weighted by Crippen LogP contribution is 2.34. The number of aromatic nitrogens is 3. The van der Waals surface area contributed by atoms with Crippen LogP contribution in [0.1, 0.15) is 5.69 Å². The maximum atomic E-state index is 10.8. The van der Waals surface area contributed by atoms with Crippen LogP contribution in [0.4, 0.5) is 5.82 Å². The maximum Gasteiger partial charge on any atom is 0.351 e. The van der Waals surface area contributed by atoms with E-state index >= 15 is 0 Å². The maximum absolute atomic E-state index is 10.8. The van der Waals surface area contributed by atoms with Gasteiger partial charge in [0, 0.05) is 12.1 Å². The number of fused-ring (bicyclic) bond motifs is 1. The summed E-state index contributed by atoms with van der Waals surface area (Å²) in [5.74, 6) is 0.359. The fraction of sp³-hybridized carbons (Fsp3) is 0.273. The van der Waals surface area contributed by atoms with Crippen molar-refractivity contribution >= 4 is 18.9 Å². The average molecular weight is 298 g/mol. The molecule has 2 rings (SSSR count). The molecule has 4 N–H and O–H groups in total. The van der Waals surface area contributed by atoms with Crippen LogP contribution in [0.25, 0.3) is 5.52 Å². The first-order chi connectivity index (χ1) is 9.40. The minimum atomic E-state index is -4.20. The molecule has 2 aromatic heterocycles. The highest BCUT2D eigenvalue weighted by atomic mass is 31.2. The summed E-state index contributed by atoms with van der Waals surface area (Å²) in [6.45, 7) is 3.60. The number of ether oxygens (including phenoxy) is 1. The lowest BCUT2D eigenvalue weighted by atomic mass is 10.2. The zero-order chi connectivity index (χ0) is 14.8. The first-order valence-corrected chi connectivity index (χ1v) is 7.56. The molecule has 0 amide bonds. The van der Waals surface area contributed by atoms with E-state index in [4.69, 9.17) is 20.3 Å². The zero-order valence-electron chi connectivity index (χ0n) is 10.6. The van der Waals surface area contributed by atoms with Gasteiger partial charge in [-0.2, -0.15) is 5.10 Å². The Kier molecular flexibility index (Phi) is 4.20. The van der Waals surface area contributed by atoms with Gasteiger partial charge in [0.2, 0.25) is 0 Å². The number of hydrogen-bond donors (Lipinski definition) is 3. The Morgan fingerprint density at radius 3 is 2.95 bits per heavy atom. The van der Waals surface area contributed by atoms with Crippen molar-refractivity contribution in [2.45, 2.75) is 12.5 Å². The van der Waals surface area contributed by atoms with Crippen molar-refractivity contribution in [2.75, 3.05) is 12.1 Å². The number of rotatable bonds is 6. The second-order valence-corrected chi connectivity index (χ2v) is 5.79. The van der Waals surface area contributed by atoms with E-state index in [-0.39, 0.29) is 0 Å². The molecule has 0 unspecified atom stereocenters. The third-order valence-electron chi connectivity index (χ3n) is 2.69. The Morgan fingerprint density at radius 2 is 2.30 bits per heavy atom. The Balaban J connectivity index is 2.16. The Hall–Kier alpha value is -1.73. The largest absolute Gasteiger partial charge is 0.382 e. The van der Waals surface area contributed by atoms with E-state index in [2.05, 4.69) is 16.7 Å². The smallest absolute Gasteiger partial charge is 0.351 e. The topological polar surface area (TPSA) is 123 Å². The van der Waals surface area contributed by atoms with Crippen molar-refractivity contribution in [3.05, 3.63) is 36.8 Å². The summed E-state index contributed by atoms with van der Waals surface area (Å²) in [6.07, 6.45) is 2.01. The number of nitrogens with zero attached hydrogens (tertiary/aromatic N) is 3. The normalized spacial score (nSPS) is 13.5. The molecular weight excluding hydrogens is 283 g/mol. The SMILES string of the molecule is C=C[C@H](Cc1ccc2c(N)ncnn12)OCP(=O)(O)O. The molecular formula is C11H15N4O4P. The molecule has 20 heavy (non-hydrogen) atoms. The lowest BCUT2D eigenvalue weighted by Gasteiger charge is -2.14. The van der Waals surface area contributed by atoms with Crippen molar-refractivity contribution < 1.29 is 19.1 Å². The van der Waals surface area contributed by atoms with E-state index in [9.17, 15) is 4.57 Å². The third kappa shape index (κ3) is 3.43. The van der Waals surface area contributed by atoms with E-state index in [0.717, 1.165) is 5.69 Å². The van der Waals surface area contributed by atoms with E-state index in [1.807, 2.05) is 0 Å². The number of hydrogen-bond acceptors (Lipinski definition) is 5. The predicted octanol–water partition coefficient (Wildman–Crippen LogP) is 0.560. The van der Waals surface area contributed by atoms with E-state index in [1.54, 1.807) is 16.6 Å². The number of nitrogens with two attached hydrogens (primary N) is 1. The summed E-state index contributed by atoms with van der Waals surface area (Å²) in [7, 11) is -4.20. The summed E-state index contributed by atoms with van der Waals surface area (Å²) < 4.78 is 17.6. The quantitative estimate of drug-likeness (QED) is 0.526. The van der Waals surface area contributed by atoms with Crippen LogP contribution in [0.2, 0.25) is 0 Å². The Labute approximate surface area is 115 Å².